The third-order valence-corrected chi connectivity index (χ3v) is 5.18. The number of esters is 2. The zero-order valence-corrected chi connectivity index (χ0v) is 14.8. The highest BCUT2D eigenvalue weighted by Crippen LogP contribution is 2.43. The van der Waals surface area contributed by atoms with Gasteiger partial charge in [0.1, 0.15) is 0 Å². The van der Waals surface area contributed by atoms with Gasteiger partial charge in [-0.2, -0.15) is 0 Å². The van der Waals surface area contributed by atoms with E-state index in [0.717, 1.165) is 31.4 Å². The van der Waals surface area contributed by atoms with Gasteiger partial charge < -0.3 is 9.47 Å². The predicted octanol–water partition coefficient (Wildman–Crippen LogP) is 2.70. The van der Waals surface area contributed by atoms with Gasteiger partial charge in [0.2, 0.25) is 0 Å². The van der Waals surface area contributed by atoms with Crippen LogP contribution in [0, 0.1) is 5.92 Å². The van der Waals surface area contributed by atoms with Crippen molar-refractivity contribution in [2.45, 2.75) is 44.8 Å². The van der Waals surface area contributed by atoms with Crippen molar-refractivity contribution in [1.29, 1.82) is 0 Å². The highest BCUT2D eigenvalue weighted by Gasteiger charge is 2.49. The maximum absolute atomic E-state index is 12.3. The number of carbonyl (C=O) groups excluding carboxylic acids is 2. The third kappa shape index (κ3) is 3.76. The summed E-state index contributed by atoms with van der Waals surface area (Å²) in [5, 5.41) is 0. The highest BCUT2D eigenvalue weighted by molar-refractivity contribution is 5.84. The summed E-state index contributed by atoms with van der Waals surface area (Å²) >= 11 is 0. The summed E-state index contributed by atoms with van der Waals surface area (Å²) in [4.78, 5) is 26.6. The van der Waals surface area contributed by atoms with Crippen LogP contribution in [-0.4, -0.2) is 42.6 Å². The molecule has 0 amide bonds. The molecule has 0 unspecified atom stereocenters. The number of fused-ring (bicyclic) bond motifs is 2. The number of benzene rings is 1. The minimum Gasteiger partial charge on any atom is -0.469 e. The molecule has 0 saturated carbocycles. The number of hydrogen-bond donors (Lipinski definition) is 0. The van der Waals surface area contributed by atoms with E-state index in [9.17, 15) is 9.59 Å². The lowest BCUT2D eigenvalue weighted by atomic mass is 9.91. The van der Waals surface area contributed by atoms with E-state index in [1.165, 1.54) is 12.7 Å². The predicted molar refractivity (Wildman–Crippen MR) is 93.6 cm³/mol. The van der Waals surface area contributed by atoms with E-state index < -0.39 is 0 Å². The third-order valence-electron chi connectivity index (χ3n) is 5.18. The number of rotatable bonds is 5. The molecule has 2 bridgehead atoms. The van der Waals surface area contributed by atoms with Crippen molar-refractivity contribution in [3.8, 4) is 0 Å². The Bertz CT molecular complexity index is 655. The molecule has 1 aromatic rings. The Morgan fingerprint density at radius 2 is 2.04 bits per heavy atom. The smallest absolute Gasteiger partial charge is 0.330 e. The second-order valence-electron chi connectivity index (χ2n) is 6.63. The van der Waals surface area contributed by atoms with Gasteiger partial charge in [-0.15, -0.1) is 0 Å². The van der Waals surface area contributed by atoms with Crippen LogP contribution in [0.15, 0.2) is 42.0 Å². The molecule has 3 rings (SSSR count). The Hall–Kier alpha value is -2.14. The van der Waals surface area contributed by atoms with Crippen LogP contribution >= 0.6 is 0 Å². The quantitative estimate of drug-likeness (QED) is 0.608. The fourth-order valence-corrected chi connectivity index (χ4v) is 4.14. The summed E-state index contributed by atoms with van der Waals surface area (Å²) in [5.41, 5.74) is 2.19. The monoisotopic (exact) mass is 343 g/mol. The SMILES string of the molecule is CCOC(=O)/C=C1/CC[C@H]2C[C@@H](C(=O)OC)[C@@H]1N2Cc1ccccc1. The van der Waals surface area contributed by atoms with E-state index in [4.69, 9.17) is 9.47 Å². The van der Waals surface area contributed by atoms with Crippen LogP contribution in [0.1, 0.15) is 31.7 Å². The van der Waals surface area contributed by atoms with Crippen LogP contribution in [0.25, 0.3) is 0 Å². The first-order valence-corrected chi connectivity index (χ1v) is 8.88. The van der Waals surface area contributed by atoms with Crippen molar-refractivity contribution < 1.29 is 19.1 Å². The average Bonchev–Trinajstić information content (AvgIpc) is 2.86. The summed E-state index contributed by atoms with van der Waals surface area (Å²) < 4.78 is 10.1. The number of ether oxygens (including phenoxy) is 2. The minimum atomic E-state index is -0.328. The fourth-order valence-electron chi connectivity index (χ4n) is 4.14. The van der Waals surface area contributed by atoms with Crippen LogP contribution in [0.5, 0.6) is 0 Å². The van der Waals surface area contributed by atoms with Crippen LogP contribution in [-0.2, 0) is 25.6 Å². The van der Waals surface area contributed by atoms with Gasteiger partial charge in [0.15, 0.2) is 0 Å². The molecule has 0 N–H and O–H groups in total. The van der Waals surface area contributed by atoms with Gasteiger partial charge in [-0.1, -0.05) is 30.3 Å². The van der Waals surface area contributed by atoms with Crippen LogP contribution < -0.4 is 0 Å². The summed E-state index contributed by atoms with van der Waals surface area (Å²) in [6.45, 7) is 2.91. The highest BCUT2D eigenvalue weighted by atomic mass is 16.5. The van der Waals surface area contributed by atoms with Gasteiger partial charge in [-0.3, -0.25) is 9.69 Å². The summed E-state index contributed by atoms with van der Waals surface area (Å²) in [6, 6.07) is 10.5. The van der Waals surface area contributed by atoms with E-state index >= 15 is 0 Å². The second-order valence-corrected chi connectivity index (χ2v) is 6.63. The molecule has 2 fully saturated rings. The Labute approximate surface area is 148 Å². The zero-order chi connectivity index (χ0) is 17.8. The molecule has 2 saturated heterocycles. The van der Waals surface area contributed by atoms with Gasteiger partial charge in [0.05, 0.1) is 19.6 Å². The van der Waals surface area contributed by atoms with Gasteiger partial charge >= 0.3 is 11.9 Å². The second kappa shape index (κ2) is 7.83. The van der Waals surface area contributed by atoms with Gasteiger partial charge in [-0.05, 0) is 37.3 Å². The molecule has 5 nitrogen and oxygen atoms in total. The number of piperidine rings is 1. The molecule has 2 aliphatic rings. The molecule has 134 valence electrons. The van der Waals surface area contributed by atoms with E-state index in [1.807, 2.05) is 18.2 Å². The van der Waals surface area contributed by atoms with Crippen LogP contribution in [0.2, 0.25) is 0 Å². The zero-order valence-electron chi connectivity index (χ0n) is 14.8. The summed E-state index contributed by atoms with van der Waals surface area (Å²) in [5.74, 6) is -0.741. The molecule has 3 atom stereocenters. The molecule has 0 aromatic heterocycles. The molecule has 25 heavy (non-hydrogen) atoms. The minimum absolute atomic E-state index is 0.0872. The maximum Gasteiger partial charge on any atom is 0.330 e. The molecule has 2 aliphatic heterocycles. The van der Waals surface area contributed by atoms with Crippen molar-refractivity contribution in [2.75, 3.05) is 13.7 Å². The van der Waals surface area contributed by atoms with Gasteiger partial charge in [0.25, 0.3) is 0 Å². The van der Waals surface area contributed by atoms with Crippen LogP contribution in [0.4, 0.5) is 0 Å². The van der Waals surface area contributed by atoms with E-state index in [-0.39, 0.29) is 23.9 Å². The maximum atomic E-state index is 12.3. The first-order chi connectivity index (χ1) is 12.1. The molecular weight excluding hydrogens is 318 g/mol. The first kappa shape index (κ1) is 17.7. The molecule has 2 heterocycles. The molecule has 1 aromatic carbocycles. The summed E-state index contributed by atoms with van der Waals surface area (Å²) in [7, 11) is 1.43. The van der Waals surface area contributed by atoms with Gasteiger partial charge in [0, 0.05) is 24.7 Å². The number of hydrogen-bond acceptors (Lipinski definition) is 5. The Kier molecular flexibility index (Phi) is 5.53. The standard InChI is InChI=1S/C20H25NO4/c1-3-25-18(22)11-15-9-10-16-12-17(20(23)24-2)19(15)21(16)13-14-7-5-4-6-8-14/h4-8,11,16-17,19H,3,9-10,12-13H2,1-2H3/b15-11-/t16-,17+,19+/m0/s1. The molecule has 0 radical (unpaired) electrons. The lowest BCUT2D eigenvalue weighted by Gasteiger charge is -2.37. The topological polar surface area (TPSA) is 55.8 Å². The number of methoxy groups -OCH3 is 1. The molecule has 5 heteroatoms. The van der Waals surface area contributed by atoms with Crippen molar-refractivity contribution in [2.24, 2.45) is 5.92 Å². The number of carbonyl (C=O) groups is 2. The van der Waals surface area contributed by atoms with Crippen molar-refractivity contribution in [3.05, 3.63) is 47.5 Å². The van der Waals surface area contributed by atoms with E-state index in [0.29, 0.717) is 12.6 Å². The van der Waals surface area contributed by atoms with Crippen molar-refractivity contribution in [3.63, 3.8) is 0 Å². The number of nitrogens with zero attached hydrogens (tertiary/aromatic N) is 1. The summed E-state index contributed by atoms with van der Waals surface area (Å²) in [6.07, 6.45) is 4.14. The Balaban J connectivity index is 1.89. The van der Waals surface area contributed by atoms with Crippen LogP contribution in [0.3, 0.4) is 0 Å². The van der Waals surface area contributed by atoms with Gasteiger partial charge in [-0.25, -0.2) is 4.79 Å². The first-order valence-electron chi connectivity index (χ1n) is 8.88. The molecule has 0 spiro atoms. The average molecular weight is 343 g/mol. The van der Waals surface area contributed by atoms with Crippen molar-refractivity contribution in [1.82, 2.24) is 4.90 Å². The molecular formula is C20H25NO4. The largest absolute Gasteiger partial charge is 0.469 e. The lowest BCUT2D eigenvalue weighted by molar-refractivity contribution is -0.146. The van der Waals surface area contributed by atoms with E-state index in [2.05, 4.69) is 17.0 Å². The fraction of sp³-hybridized carbons (Fsp3) is 0.500. The Morgan fingerprint density at radius 3 is 2.72 bits per heavy atom. The van der Waals surface area contributed by atoms with Crippen molar-refractivity contribution >= 4 is 11.9 Å². The van der Waals surface area contributed by atoms with E-state index in [1.54, 1.807) is 13.0 Å². The molecule has 0 aliphatic carbocycles. The lowest BCUT2D eigenvalue weighted by Crippen LogP contribution is -2.43. The normalized spacial score (nSPS) is 27.3. The Morgan fingerprint density at radius 1 is 1.28 bits per heavy atom.